The molecule has 9 heteroatoms. The highest BCUT2D eigenvalue weighted by Crippen LogP contribution is 2.45. The van der Waals surface area contributed by atoms with Crippen molar-refractivity contribution in [3.63, 3.8) is 0 Å². The van der Waals surface area contributed by atoms with Crippen LogP contribution in [0.15, 0.2) is 60.9 Å². The van der Waals surface area contributed by atoms with Crippen molar-refractivity contribution in [1.82, 2.24) is 20.1 Å². The number of carbonyl (C=O) groups excluding carboxylic acids is 1. The number of alkyl halides is 3. The van der Waals surface area contributed by atoms with Crippen LogP contribution in [0.3, 0.4) is 0 Å². The Balaban J connectivity index is 1.39. The first-order valence-electron chi connectivity index (χ1n) is 10.7. The van der Waals surface area contributed by atoms with E-state index in [0.717, 1.165) is 25.1 Å². The Morgan fingerprint density at radius 2 is 1.91 bits per heavy atom. The Hall–Kier alpha value is -3.49. The molecule has 5 rings (SSSR count). The van der Waals surface area contributed by atoms with E-state index in [9.17, 15) is 18.0 Å². The zero-order chi connectivity index (χ0) is 23.2. The molecule has 0 spiro atoms. The largest absolute Gasteiger partial charge is 0.472 e. The zero-order valence-electron chi connectivity index (χ0n) is 17.7. The third-order valence-electron chi connectivity index (χ3n) is 6.56. The molecule has 2 aliphatic rings. The highest BCUT2D eigenvalue weighted by atomic mass is 19.4. The zero-order valence-corrected chi connectivity index (χ0v) is 17.7. The molecule has 1 aliphatic heterocycles. The first-order chi connectivity index (χ1) is 15.8. The third kappa shape index (κ3) is 3.92. The Morgan fingerprint density at radius 3 is 2.58 bits per heavy atom. The summed E-state index contributed by atoms with van der Waals surface area (Å²) in [6, 6.07) is 12.9. The van der Waals surface area contributed by atoms with Crippen molar-refractivity contribution >= 4 is 5.91 Å². The fourth-order valence-corrected chi connectivity index (χ4v) is 4.94. The van der Waals surface area contributed by atoms with Gasteiger partial charge in [0, 0.05) is 35.6 Å². The van der Waals surface area contributed by atoms with Gasteiger partial charge in [-0.15, -0.1) is 0 Å². The van der Waals surface area contributed by atoms with E-state index in [0.29, 0.717) is 16.8 Å². The maximum atomic E-state index is 13.7. The van der Waals surface area contributed by atoms with Gasteiger partial charge >= 0.3 is 6.18 Å². The molecule has 0 radical (unpaired) electrons. The summed E-state index contributed by atoms with van der Waals surface area (Å²) in [6.07, 6.45) is -0.927. The Labute approximate surface area is 188 Å². The number of benzene rings is 1. The van der Waals surface area contributed by atoms with E-state index < -0.39 is 11.7 Å². The standard InChI is InChI=1S/C24H21F3N4O2/c1-14-15-11-20(21(12-15)33-22-9-8-16(13-28-22)24(25,26)27)31(14)23(32)18-6-3-2-5-17(18)19-7-4-10-29-30-19/h2-10,13-15,20-21H,11-12H2,1H3/t14-,15-,20+,21-/m1/s1. The molecule has 3 aromatic rings. The summed E-state index contributed by atoms with van der Waals surface area (Å²) in [4.78, 5) is 19.4. The van der Waals surface area contributed by atoms with Gasteiger partial charge in [0.1, 0.15) is 6.10 Å². The quantitative estimate of drug-likeness (QED) is 0.575. The number of likely N-dealkylation sites (tertiary alicyclic amines) is 1. The van der Waals surface area contributed by atoms with E-state index in [2.05, 4.69) is 15.2 Å². The normalized spacial score (nSPS) is 24.2. The fraction of sp³-hybridized carbons (Fsp3) is 0.333. The van der Waals surface area contributed by atoms with Crippen molar-refractivity contribution in [3.8, 4) is 17.1 Å². The van der Waals surface area contributed by atoms with E-state index in [-0.39, 0.29) is 35.9 Å². The molecular formula is C24H21F3N4O2. The monoisotopic (exact) mass is 454 g/mol. The molecule has 4 atom stereocenters. The second-order valence-corrected chi connectivity index (χ2v) is 8.45. The van der Waals surface area contributed by atoms with Crippen LogP contribution in [0.4, 0.5) is 13.2 Å². The highest BCUT2D eigenvalue weighted by molar-refractivity contribution is 6.01. The molecule has 1 saturated heterocycles. The number of fused-ring (bicyclic) bond motifs is 2. The molecule has 0 unspecified atom stereocenters. The van der Waals surface area contributed by atoms with Crippen LogP contribution in [-0.4, -0.2) is 44.2 Å². The van der Waals surface area contributed by atoms with Gasteiger partial charge in [-0.05, 0) is 49.9 Å². The molecule has 33 heavy (non-hydrogen) atoms. The summed E-state index contributed by atoms with van der Waals surface area (Å²) in [5, 5.41) is 8.07. The van der Waals surface area contributed by atoms with Crippen LogP contribution in [0, 0.1) is 5.92 Å². The lowest BCUT2D eigenvalue weighted by Gasteiger charge is -2.38. The maximum Gasteiger partial charge on any atom is 0.417 e. The van der Waals surface area contributed by atoms with Gasteiger partial charge in [0.2, 0.25) is 5.88 Å². The number of pyridine rings is 1. The smallest absolute Gasteiger partial charge is 0.417 e. The van der Waals surface area contributed by atoms with E-state index >= 15 is 0 Å². The molecular weight excluding hydrogens is 433 g/mol. The molecule has 1 amide bonds. The molecule has 0 N–H and O–H groups in total. The van der Waals surface area contributed by atoms with Crippen molar-refractivity contribution in [3.05, 3.63) is 72.1 Å². The maximum absolute atomic E-state index is 13.7. The van der Waals surface area contributed by atoms with Crippen LogP contribution in [0.25, 0.3) is 11.3 Å². The molecule has 3 heterocycles. The van der Waals surface area contributed by atoms with E-state index in [4.69, 9.17) is 4.74 Å². The lowest BCUT2D eigenvalue weighted by Crippen LogP contribution is -2.51. The van der Waals surface area contributed by atoms with Crippen LogP contribution in [0.2, 0.25) is 0 Å². The topological polar surface area (TPSA) is 68.2 Å². The Bertz CT molecular complexity index is 1150. The number of carbonyl (C=O) groups is 1. The minimum atomic E-state index is -4.45. The van der Waals surface area contributed by atoms with Gasteiger partial charge < -0.3 is 9.64 Å². The highest BCUT2D eigenvalue weighted by Gasteiger charge is 2.53. The molecule has 2 fully saturated rings. The van der Waals surface area contributed by atoms with E-state index in [1.807, 2.05) is 30.0 Å². The Morgan fingerprint density at radius 1 is 1.09 bits per heavy atom. The number of aromatic nitrogens is 3. The number of nitrogens with zero attached hydrogens (tertiary/aromatic N) is 4. The van der Waals surface area contributed by atoms with Gasteiger partial charge in [-0.1, -0.05) is 18.2 Å². The second kappa shape index (κ2) is 8.13. The molecule has 170 valence electrons. The van der Waals surface area contributed by atoms with Gasteiger partial charge in [0.25, 0.3) is 5.91 Å². The van der Waals surface area contributed by atoms with Gasteiger partial charge in [0.15, 0.2) is 0 Å². The van der Waals surface area contributed by atoms with Crippen molar-refractivity contribution < 1.29 is 22.7 Å². The molecule has 2 aromatic heterocycles. The molecule has 6 nitrogen and oxygen atoms in total. The lowest BCUT2D eigenvalue weighted by molar-refractivity contribution is -0.137. The summed E-state index contributed by atoms with van der Waals surface area (Å²) in [5.41, 5.74) is 1.02. The molecule has 1 aliphatic carbocycles. The van der Waals surface area contributed by atoms with E-state index in [1.54, 1.807) is 24.4 Å². The molecule has 1 aromatic carbocycles. The van der Waals surface area contributed by atoms with Crippen LogP contribution >= 0.6 is 0 Å². The van der Waals surface area contributed by atoms with Crippen molar-refractivity contribution in [2.24, 2.45) is 5.92 Å². The van der Waals surface area contributed by atoms with Gasteiger partial charge in [-0.2, -0.15) is 23.4 Å². The van der Waals surface area contributed by atoms with Gasteiger partial charge in [0.05, 0.1) is 17.3 Å². The average Bonchev–Trinajstić information content (AvgIpc) is 3.36. The lowest BCUT2D eigenvalue weighted by atomic mass is 9.96. The van der Waals surface area contributed by atoms with Crippen LogP contribution in [0.5, 0.6) is 5.88 Å². The van der Waals surface area contributed by atoms with E-state index in [1.165, 1.54) is 6.07 Å². The fourth-order valence-electron chi connectivity index (χ4n) is 4.94. The summed E-state index contributed by atoms with van der Waals surface area (Å²) < 4.78 is 44.4. The number of ether oxygens (including phenoxy) is 1. The Kier molecular flexibility index (Phi) is 5.26. The minimum Gasteiger partial charge on any atom is -0.472 e. The van der Waals surface area contributed by atoms with Crippen molar-refractivity contribution in [2.45, 2.75) is 44.1 Å². The average molecular weight is 454 g/mol. The number of piperidine rings is 1. The number of rotatable bonds is 4. The minimum absolute atomic E-state index is 0.0258. The van der Waals surface area contributed by atoms with Crippen LogP contribution in [0.1, 0.15) is 35.7 Å². The predicted octanol–water partition coefficient (Wildman–Crippen LogP) is 4.63. The van der Waals surface area contributed by atoms with Crippen molar-refractivity contribution in [2.75, 3.05) is 0 Å². The molecule has 1 saturated carbocycles. The first-order valence-corrected chi connectivity index (χ1v) is 10.7. The van der Waals surface area contributed by atoms with Crippen molar-refractivity contribution in [1.29, 1.82) is 0 Å². The second-order valence-electron chi connectivity index (χ2n) is 8.45. The van der Waals surface area contributed by atoms with Crippen LogP contribution < -0.4 is 4.74 Å². The number of hydrogen-bond acceptors (Lipinski definition) is 5. The van der Waals surface area contributed by atoms with Gasteiger partial charge in [-0.25, -0.2) is 4.98 Å². The summed E-state index contributed by atoms with van der Waals surface area (Å²) in [7, 11) is 0. The predicted molar refractivity (Wildman–Crippen MR) is 113 cm³/mol. The summed E-state index contributed by atoms with van der Waals surface area (Å²) in [6.45, 7) is 2.03. The summed E-state index contributed by atoms with van der Waals surface area (Å²) >= 11 is 0. The third-order valence-corrected chi connectivity index (χ3v) is 6.56. The summed E-state index contributed by atoms with van der Waals surface area (Å²) in [5.74, 6) is 0.257. The number of hydrogen-bond donors (Lipinski definition) is 0. The van der Waals surface area contributed by atoms with Gasteiger partial charge in [-0.3, -0.25) is 4.79 Å². The number of amides is 1. The first kappa shape index (κ1) is 21.4. The van der Waals surface area contributed by atoms with Crippen LogP contribution in [-0.2, 0) is 6.18 Å². The number of halogens is 3. The molecule has 2 bridgehead atoms. The SMILES string of the molecule is C[C@@H]1[C@H]2C[C@@H](Oc3ccc(C(F)(F)F)cn3)[C@H](C2)N1C(=O)c1ccccc1-c1cccnn1.